The summed E-state index contributed by atoms with van der Waals surface area (Å²) in [6.07, 6.45) is 0.549. The van der Waals surface area contributed by atoms with Gasteiger partial charge in [0, 0.05) is 54.9 Å². The number of nitrogens with zero attached hydrogens (tertiary/aromatic N) is 2. The van der Waals surface area contributed by atoms with E-state index in [0.29, 0.717) is 44.2 Å². The Morgan fingerprint density at radius 1 is 1.06 bits per heavy atom. The van der Waals surface area contributed by atoms with Gasteiger partial charge < -0.3 is 20.5 Å². The second-order valence-electron chi connectivity index (χ2n) is 12.3. The molecule has 0 saturated carbocycles. The number of hydrogen-bond acceptors (Lipinski definition) is 8. The van der Waals surface area contributed by atoms with Crippen molar-refractivity contribution < 1.29 is 31.9 Å². The molecule has 10 nitrogen and oxygen atoms in total. The number of methoxy groups -OCH3 is 1. The van der Waals surface area contributed by atoms with Crippen LogP contribution in [0.5, 0.6) is 0 Å². The molecule has 4 atom stereocenters. The van der Waals surface area contributed by atoms with Crippen molar-refractivity contribution in [2.24, 2.45) is 11.7 Å². The van der Waals surface area contributed by atoms with Crippen LogP contribution in [0.15, 0.2) is 77.7 Å². The van der Waals surface area contributed by atoms with E-state index in [9.17, 15) is 18.0 Å². The molecular weight excluding hydrogens is 659 g/mol. The smallest absolute Gasteiger partial charge is 0.420 e. The number of piperazine rings is 1. The van der Waals surface area contributed by atoms with Gasteiger partial charge in [0.1, 0.15) is 5.82 Å². The van der Waals surface area contributed by atoms with Gasteiger partial charge in [0.2, 0.25) is 10.0 Å². The highest BCUT2D eigenvalue weighted by Crippen LogP contribution is 2.37. The van der Waals surface area contributed by atoms with Crippen LogP contribution in [0, 0.1) is 11.7 Å². The van der Waals surface area contributed by atoms with E-state index in [2.05, 4.69) is 5.32 Å². The van der Waals surface area contributed by atoms with Crippen LogP contribution < -0.4 is 16.0 Å². The van der Waals surface area contributed by atoms with Gasteiger partial charge in [0.25, 0.3) is 5.91 Å². The van der Waals surface area contributed by atoms with Crippen LogP contribution in [-0.2, 0) is 30.7 Å². The van der Waals surface area contributed by atoms with Crippen molar-refractivity contribution in [2.45, 2.75) is 61.5 Å². The van der Waals surface area contributed by atoms with E-state index in [-0.39, 0.29) is 40.9 Å². The molecule has 2 fully saturated rings. The Morgan fingerprint density at radius 3 is 2.42 bits per heavy atom. The van der Waals surface area contributed by atoms with Gasteiger partial charge in [-0.2, -0.15) is 4.31 Å². The summed E-state index contributed by atoms with van der Waals surface area (Å²) in [5, 5.41) is 3.81. The molecule has 0 unspecified atom stereocenters. The largest absolute Gasteiger partial charge is 0.452 e. The molecule has 48 heavy (non-hydrogen) atoms. The highest BCUT2D eigenvalue weighted by Gasteiger charge is 2.41. The van der Waals surface area contributed by atoms with Crippen LogP contribution in [0.4, 0.5) is 14.9 Å². The Labute approximate surface area is 286 Å². The van der Waals surface area contributed by atoms with Crippen LogP contribution in [-0.4, -0.2) is 76.3 Å². The maximum atomic E-state index is 15.7. The van der Waals surface area contributed by atoms with Crippen molar-refractivity contribution in [2.75, 3.05) is 38.3 Å². The lowest BCUT2D eigenvalue weighted by molar-refractivity contribution is -0.120. The van der Waals surface area contributed by atoms with E-state index >= 15 is 4.39 Å². The summed E-state index contributed by atoms with van der Waals surface area (Å²) in [6, 6.07) is 17.3. The molecule has 258 valence electrons. The molecule has 2 aliphatic heterocycles. The molecule has 2 saturated heterocycles. The normalized spacial score (nSPS) is 20.5. The summed E-state index contributed by atoms with van der Waals surface area (Å²) in [5.41, 5.74) is 7.62. The highest BCUT2D eigenvalue weighted by atomic mass is 35.5. The second kappa shape index (κ2) is 15.9. The number of anilines is 1. The fourth-order valence-electron chi connectivity index (χ4n) is 6.92. The van der Waals surface area contributed by atoms with E-state index < -0.39 is 45.8 Å². The van der Waals surface area contributed by atoms with Crippen molar-refractivity contribution >= 4 is 39.3 Å². The predicted molar refractivity (Wildman–Crippen MR) is 182 cm³/mol. The number of benzene rings is 3. The SMILES string of the molecule is COC(=O)N(C(=O)[C@@H](N)[C@@H](c1ccc(Cl)cc1)C1CCOCC1)c1cccc(F)c1CC[C@H]1CNC[C@@H](C)N1S(=O)(=O)c1ccccc1. The number of carbonyl (C=O) groups is 2. The first-order valence-corrected chi connectivity index (χ1v) is 17.9. The Hall–Kier alpha value is -3.39. The lowest BCUT2D eigenvalue weighted by Gasteiger charge is -2.40. The zero-order valence-corrected chi connectivity index (χ0v) is 28.6. The van der Waals surface area contributed by atoms with Crippen molar-refractivity contribution in [3.8, 4) is 0 Å². The number of sulfonamides is 1. The maximum absolute atomic E-state index is 15.7. The van der Waals surface area contributed by atoms with Crippen molar-refractivity contribution in [1.82, 2.24) is 9.62 Å². The number of amides is 2. The lowest BCUT2D eigenvalue weighted by atomic mass is 9.76. The number of hydrogen-bond donors (Lipinski definition) is 2. The molecule has 2 aliphatic rings. The van der Waals surface area contributed by atoms with Gasteiger partial charge in [-0.25, -0.2) is 22.5 Å². The fraction of sp³-hybridized carbons (Fsp3) is 0.429. The molecule has 5 rings (SSSR count). The van der Waals surface area contributed by atoms with E-state index in [1.165, 1.54) is 22.5 Å². The molecule has 2 heterocycles. The lowest BCUT2D eigenvalue weighted by Crippen LogP contribution is -2.58. The molecule has 0 bridgehead atoms. The third kappa shape index (κ3) is 7.74. The highest BCUT2D eigenvalue weighted by molar-refractivity contribution is 7.89. The molecule has 13 heteroatoms. The minimum Gasteiger partial charge on any atom is -0.452 e. The average Bonchev–Trinajstić information content (AvgIpc) is 3.09. The quantitative estimate of drug-likeness (QED) is 0.299. The number of ether oxygens (including phenoxy) is 2. The van der Waals surface area contributed by atoms with Gasteiger partial charge in [-0.05, 0) is 80.5 Å². The molecule has 0 radical (unpaired) electrons. The number of imide groups is 1. The number of halogens is 2. The van der Waals surface area contributed by atoms with Gasteiger partial charge >= 0.3 is 6.09 Å². The van der Waals surface area contributed by atoms with E-state index in [1.54, 1.807) is 42.5 Å². The first-order valence-electron chi connectivity index (χ1n) is 16.1. The number of nitrogens with two attached hydrogens (primary N) is 1. The first kappa shape index (κ1) is 35.9. The average molecular weight is 701 g/mol. The minimum absolute atomic E-state index is 0.00147. The van der Waals surface area contributed by atoms with Crippen LogP contribution in [0.25, 0.3) is 0 Å². The summed E-state index contributed by atoms with van der Waals surface area (Å²) in [7, 11) is -2.72. The van der Waals surface area contributed by atoms with Crippen molar-refractivity contribution in [3.05, 3.63) is 94.8 Å². The number of nitrogens with one attached hydrogen (secondary N) is 1. The molecule has 3 aromatic rings. The molecule has 0 spiro atoms. The molecule has 2 amide bonds. The van der Waals surface area contributed by atoms with Gasteiger partial charge in [-0.1, -0.05) is 48.0 Å². The molecule has 0 aromatic heterocycles. The number of carbonyl (C=O) groups excluding carboxylic acids is 2. The minimum atomic E-state index is -3.87. The molecule has 0 aliphatic carbocycles. The molecular formula is C35H42ClFN4O6S. The van der Waals surface area contributed by atoms with Crippen LogP contribution in [0.2, 0.25) is 5.02 Å². The third-order valence-electron chi connectivity index (χ3n) is 9.27. The first-order chi connectivity index (χ1) is 23.0. The zero-order chi connectivity index (χ0) is 34.4. The van der Waals surface area contributed by atoms with E-state index in [0.717, 1.165) is 17.6 Å². The van der Waals surface area contributed by atoms with Crippen LogP contribution in [0.3, 0.4) is 0 Å². The number of rotatable bonds is 10. The monoisotopic (exact) mass is 700 g/mol. The summed E-state index contributed by atoms with van der Waals surface area (Å²) >= 11 is 6.16. The predicted octanol–water partition coefficient (Wildman–Crippen LogP) is 5.10. The summed E-state index contributed by atoms with van der Waals surface area (Å²) in [4.78, 5) is 28.7. The van der Waals surface area contributed by atoms with Crippen LogP contribution in [0.1, 0.15) is 43.2 Å². The van der Waals surface area contributed by atoms with E-state index in [1.807, 2.05) is 19.1 Å². The maximum Gasteiger partial charge on any atom is 0.420 e. The van der Waals surface area contributed by atoms with Gasteiger partial charge in [0.15, 0.2) is 0 Å². The Bertz CT molecular complexity index is 1670. The summed E-state index contributed by atoms with van der Waals surface area (Å²) < 4.78 is 55.3. The van der Waals surface area contributed by atoms with Gasteiger partial charge in [-0.15, -0.1) is 0 Å². The van der Waals surface area contributed by atoms with Crippen LogP contribution >= 0.6 is 11.6 Å². The van der Waals surface area contributed by atoms with E-state index in [4.69, 9.17) is 26.8 Å². The second-order valence-corrected chi connectivity index (χ2v) is 14.6. The standard InChI is InChI=1S/C35H42ClFN4O6S/c1-23-21-39-22-27(41(23)48(44,45)28-7-4-3-5-8-28)15-16-29-30(37)9-6-10-31(29)40(35(43)46-2)34(42)33(38)32(25-17-19-47-20-18-25)24-11-13-26(36)14-12-24/h3-14,23,25,27,32-33,39H,15-22,38H2,1-2H3/t23-,27+,32+,33+/m1/s1. The van der Waals surface area contributed by atoms with Gasteiger partial charge in [0.05, 0.1) is 23.7 Å². The third-order valence-corrected chi connectivity index (χ3v) is 11.6. The Balaban J connectivity index is 1.47. The van der Waals surface area contributed by atoms with Crippen molar-refractivity contribution in [1.29, 1.82) is 0 Å². The Kier molecular flexibility index (Phi) is 11.9. The summed E-state index contributed by atoms with van der Waals surface area (Å²) in [6.45, 7) is 3.64. The topological polar surface area (TPSA) is 131 Å². The zero-order valence-electron chi connectivity index (χ0n) is 27.1. The van der Waals surface area contributed by atoms with Crippen molar-refractivity contribution in [3.63, 3.8) is 0 Å². The summed E-state index contributed by atoms with van der Waals surface area (Å²) in [5.74, 6) is -1.91. The fourth-order valence-corrected chi connectivity index (χ4v) is 8.92. The molecule has 3 N–H and O–H groups in total. The Morgan fingerprint density at radius 2 is 1.75 bits per heavy atom. The van der Waals surface area contributed by atoms with Gasteiger partial charge in [-0.3, -0.25) is 4.79 Å². The molecule has 3 aromatic carbocycles.